The number of hydrogen-bond donors (Lipinski definition) is 3. The van der Waals surface area contributed by atoms with Crippen molar-refractivity contribution in [1.82, 2.24) is 5.32 Å². The molecule has 3 aromatic carbocycles. The lowest BCUT2D eigenvalue weighted by atomic mass is 9.97. The molecule has 1 aliphatic rings. The molecule has 3 aromatic rings. The highest BCUT2D eigenvalue weighted by Crippen LogP contribution is 2.34. The van der Waals surface area contributed by atoms with Crippen LogP contribution in [0.2, 0.25) is 0 Å². The third-order valence-corrected chi connectivity index (χ3v) is 7.34. The molecule has 0 spiro atoms. The number of ether oxygens (including phenoxy) is 1. The van der Waals surface area contributed by atoms with E-state index in [0.29, 0.717) is 6.07 Å². The summed E-state index contributed by atoms with van der Waals surface area (Å²) in [6.45, 7) is 4.72. The third kappa shape index (κ3) is 5.80. The van der Waals surface area contributed by atoms with Crippen LogP contribution in [0.3, 0.4) is 0 Å². The minimum Gasteiger partial charge on any atom is -0.491 e. The van der Waals surface area contributed by atoms with E-state index in [1.807, 2.05) is 44.2 Å². The van der Waals surface area contributed by atoms with E-state index in [0.717, 1.165) is 35.1 Å². The summed E-state index contributed by atoms with van der Waals surface area (Å²) < 4.78 is 70.7. The van der Waals surface area contributed by atoms with Crippen molar-refractivity contribution in [3.8, 4) is 5.75 Å². The quantitative estimate of drug-likeness (QED) is 0.313. The van der Waals surface area contributed by atoms with E-state index in [9.17, 15) is 25.9 Å². The molecule has 0 amide bonds. The molecule has 0 saturated carbocycles. The van der Waals surface area contributed by atoms with E-state index in [-0.39, 0.29) is 17.7 Å². The number of nitrogens with one attached hydrogen (secondary N) is 1. The number of rotatable bonds is 7. The van der Waals surface area contributed by atoms with Crippen molar-refractivity contribution in [2.24, 2.45) is 0 Å². The van der Waals surface area contributed by atoms with Gasteiger partial charge < -0.3 is 10.1 Å². The maximum absolute atomic E-state index is 11.7. The van der Waals surface area contributed by atoms with E-state index in [2.05, 4.69) is 17.4 Å². The standard InChI is InChI=1S/C25H25NO7S2/c1-16(2)33-21-11-9-20-15-26-25(23(20)13-21)19-7-4-17(5-8-19)3-6-18-10-12-22(34(27,28)29)14-24(18)35(30,31)32/h3-14,16,25-26H,15H2,1-2H3,(H,27,28,29)(H,30,31,32). The van der Waals surface area contributed by atoms with Crippen LogP contribution in [-0.4, -0.2) is 32.0 Å². The molecule has 1 atom stereocenters. The maximum atomic E-state index is 11.7. The summed E-state index contributed by atoms with van der Waals surface area (Å²) in [6.07, 6.45) is 3.17. The van der Waals surface area contributed by atoms with Crippen molar-refractivity contribution < 1.29 is 30.7 Å². The first kappa shape index (κ1) is 25.1. The van der Waals surface area contributed by atoms with Crippen molar-refractivity contribution in [1.29, 1.82) is 0 Å². The van der Waals surface area contributed by atoms with Gasteiger partial charge >= 0.3 is 0 Å². The zero-order chi connectivity index (χ0) is 25.4. The van der Waals surface area contributed by atoms with Crippen molar-refractivity contribution in [3.63, 3.8) is 0 Å². The fourth-order valence-electron chi connectivity index (χ4n) is 3.99. The second-order valence-electron chi connectivity index (χ2n) is 8.49. The van der Waals surface area contributed by atoms with Crippen LogP contribution >= 0.6 is 0 Å². The predicted octanol–water partition coefficient (Wildman–Crippen LogP) is 4.33. The molecule has 8 nitrogen and oxygen atoms in total. The van der Waals surface area contributed by atoms with Crippen LogP contribution in [0.15, 0.2) is 70.5 Å². The topological polar surface area (TPSA) is 130 Å². The lowest BCUT2D eigenvalue weighted by Gasteiger charge is -2.15. The Kier molecular flexibility index (Phi) is 6.85. The largest absolute Gasteiger partial charge is 0.491 e. The normalized spacial score (nSPS) is 16.1. The van der Waals surface area contributed by atoms with Crippen LogP contribution < -0.4 is 10.1 Å². The molecule has 0 radical (unpaired) electrons. The first-order valence-corrected chi connectivity index (χ1v) is 13.7. The number of fused-ring (bicyclic) bond motifs is 1. The SMILES string of the molecule is CC(C)Oc1ccc2c(c1)C(c1ccc(C=Cc3ccc(S(=O)(=O)O)cc3S(=O)(=O)O)cc1)NC2. The molecule has 0 aliphatic carbocycles. The predicted molar refractivity (Wildman–Crippen MR) is 132 cm³/mol. The first-order valence-electron chi connectivity index (χ1n) is 10.8. The highest BCUT2D eigenvalue weighted by atomic mass is 32.2. The average molecular weight is 516 g/mol. The van der Waals surface area contributed by atoms with E-state index < -0.39 is 30.0 Å². The van der Waals surface area contributed by atoms with Crippen molar-refractivity contribution in [2.75, 3.05) is 0 Å². The monoisotopic (exact) mass is 515 g/mol. The van der Waals surface area contributed by atoms with Crippen LogP contribution in [0, 0.1) is 0 Å². The highest BCUT2D eigenvalue weighted by molar-refractivity contribution is 7.86. The summed E-state index contributed by atoms with van der Waals surface area (Å²) in [5.74, 6) is 0.821. The van der Waals surface area contributed by atoms with Crippen LogP contribution in [0.5, 0.6) is 5.75 Å². The Balaban J connectivity index is 1.59. The van der Waals surface area contributed by atoms with E-state index in [1.54, 1.807) is 6.08 Å². The van der Waals surface area contributed by atoms with Crippen molar-refractivity contribution in [2.45, 2.75) is 42.3 Å². The van der Waals surface area contributed by atoms with Gasteiger partial charge in [-0.05, 0) is 65.9 Å². The van der Waals surface area contributed by atoms with Gasteiger partial charge in [-0.15, -0.1) is 0 Å². The summed E-state index contributed by atoms with van der Waals surface area (Å²) in [5.41, 5.74) is 4.26. The maximum Gasteiger partial charge on any atom is 0.295 e. The zero-order valence-electron chi connectivity index (χ0n) is 19.0. The van der Waals surface area contributed by atoms with Crippen LogP contribution in [0.1, 0.15) is 47.7 Å². The van der Waals surface area contributed by atoms with Gasteiger partial charge in [-0.25, -0.2) is 0 Å². The van der Waals surface area contributed by atoms with Gasteiger partial charge in [0.25, 0.3) is 20.2 Å². The van der Waals surface area contributed by atoms with Gasteiger partial charge in [-0.2, -0.15) is 16.8 Å². The van der Waals surface area contributed by atoms with Gasteiger partial charge in [0.2, 0.25) is 0 Å². The Labute approximate surface area is 204 Å². The number of hydrogen-bond acceptors (Lipinski definition) is 6. The Morgan fingerprint density at radius 1 is 0.914 bits per heavy atom. The van der Waals surface area contributed by atoms with Crippen LogP contribution in [0.4, 0.5) is 0 Å². The van der Waals surface area contributed by atoms with Gasteiger partial charge in [0.15, 0.2) is 0 Å². The Hall–Kier alpha value is -3.02. The summed E-state index contributed by atoms with van der Waals surface area (Å²) in [5, 5.41) is 3.50. The second-order valence-corrected chi connectivity index (χ2v) is 11.3. The van der Waals surface area contributed by atoms with Crippen LogP contribution in [-0.2, 0) is 26.8 Å². The van der Waals surface area contributed by atoms with Gasteiger partial charge in [-0.1, -0.05) is 48.6 Å². The van der Waals surface area contributed by atoms with Gasteiger partial charge in [-0.3, -0.25) is 9.11 Å². The molecule has 1 unspecified atom stereocenters. The molecule has 1 heterocycles. The molecule has 3 N–H and O–H groups in total. The van der Waals surface area contributed by atoms with Crippen molar-refractivity contribution in [3.05, 3.63) is 88.5 Å². The molecular weight excluding hydrogens is 490 g/mol. The summed E-state index contributed by atoms with van der Waals surface area (Å²) in [4.78, 5) is -1.25. The summed E-state index contributed by atoms with van der Waals surface area (Å²) >= 11 is 0. The minimum atomic E-state index is -4.72. The Morgan fingerprint density at radius 3 is 2.26 bits per heavy atom. The van der Waals surface area contributed by atoms with Crippen LogP contribution in [0.25, 0.3) is 12.2 Å². The summed E-state index contributed by atoms with van der Waals surface area (Å²) in [6, 6.07) is 16.8. The Morgan fingerprint density at radius 2 is 1.63 bits per heavy atom. The average Bonchev–Trinajstić information content (AvgIpc) is 3.19. The third-order valence-electron chi connectivity index (χ3n) is 5.58. The molecule has 0 bridgehead atoms. The first-order chi connectivity index (χ1) is 16.4. The van der Waals surface area contributed by atoms with Gasteiger partial charge in [0, 0.05) is 6.54 Å². The molecule has 0 fully saturated rings. The fourth-order valence-corrected chi connectivity index (χ4v) is 5.28. The summed E-state index contributed by atoms with van der Waals surface area (Å²) in [7, 11) is -9.35. The fraction of sp³-hybridized carbons (Fsp3) is 0.200. The van der Waals surface area contributed by atoms with Gasteiger partial charge in [0.05, 0.1) is 17.0 Å². The molecule has 4 rings (SSSR count). The van der Waals surface area contributed by atoms with E-state index >= 15 is 0 Å². The van der Waals surface area contributed by atoms with E-state index in [4.69, 9.17) is 4.74 Å². The van der Waals surface area contributed by atoms with Gasteiger partial charge in [0.1, 0.15) is 10.6 Å². The molecule has 1 aliphatic heterocycles. The second kappa shape index (κ2) is 9.56. The van der Waals surface area contributed by atoms with E-state index in [1.165, 1.54) is 17.7 Å². The number of benzene rings is 3. The van der Waals surface area contributed by atoms with Crippen molar-refractivity contribution >= 4 is 32.4 Å². The smallest absolute Gasteiger partial charge is 0.295 e. The lowest BCUT2D eigenvalue weighted by molar-refractivity contribution is 0.242. The molecule has 10 heteroatoms. The highest BCUT2D eigenvalue weighted by Gasteiger charge is 2.24. The molecule has 184 valence electrons. The molecule has 0 aromatic heterocycles. The lowest BCUT2D eigenvalue weighted by Crippen LogP contribution is -2.13. The zero-order valence-corrected chi connectivity index (χ0v) is 20.7. The molecule has 0 saturated heterocycles. The molecular formula is C25H25NO7S2. The minimum absolute atomic E-state index is 0.0119. The molecule has 35 heavy (non-hydrogen) atoms. The Bertz CT molecular complexity index is 1490.